The van der Waals surface area contributed by atoms with E-state index in [1.54, 1.807) is 0 Å². The Hall–Kier alpha value is -4.66. The number of nitrogens with zero attached hydrogens (tertiary/aromatic N) is 1. The summed E-state index contributed by atoms with van der Waals surface area (Å²) in [6.07, 6.45) is 0.959. The van der Waals surface area contributed by atoms with Gasteiger partial charge < -0.3 is 4.90 Å². The molecule has 0 spiro atoms. The average Bonchev–Trinajstić information content (AvgIpc) is 3.62. The Labute approximate surface area is 269 Å². The van der Waals surface area contributed by atoms with E-state index in [4.69, 9.17) is 0 Å². The fourth-order valence-corrected chi connectivity index (χ4v) is 9.22. The van der Waals surface area contributed by atoms with Gasteiger partial charge in [-0.25, -0.2) is 0 Å². The van der Waals surface area contributed by atoms with Gasteiger partial charge in [0.25, 0.3) is 0 Å². The van der Waals surface area contributed by atoms with E-state index in [1.807, 2.05) is 11.3 Å². The van der Waals surface area contributed by atoms with Gasteiger partial charge in [-0.3, -0.25) is 0 Å². The molecule has 7 aromatic rings. The van der Waals surface area contributed by atoms with E-state index in [1.165, 1.54) is 81.7 Å². The highest BCUT2D eigenvalue weighted by molar-refractivity contribution is 7.25. The predicted octanol–water partition coefficient (Wildman–Crippen LogP) is 12.3. The molecular formula is C43H35NS. The SMILES string of the molecule is CC1(C)c2ccccc2-c2ccc3c(c2C1(C)C)Cc1cc(N(c2ccccc2)c2ccc4sc5ccccc5c4c2)ccc1-3. The molecule has 1 heterocycles. The lowest BCUT2D eigenvalue weighted by Crippen LogP contribution is -2.44. The lowest BCUT2D eigenvalue weighted by Gasteiger charge is -2.49. The van der Waals surface area contributed by atoms with Crippen molar-refractivity contribution in [2.24, 2.45) is 0 Å². The highest BCUT2D eigenvalue weighted by atomic mass is 32.1. The van der Waals surface area contributed by atoms with Crippen molar-refractivity contribution in [1.29, 1.82) is 0 Å². The van der Waals surface area contributed by atoms with Crippen LogP contribution < -0.4 is 4.90 Å². The first-order valence-corrected chi connectivity index (χ1v) is 16.8. The second-order valence-electron chi connectivity index (χ2n) is 13.8. The molecule has 2 aliphatic rings. The molecule has 0 unspecified atom stereocenters. The molecule has 1 aromatic heterocycles. The second kappa shape index (κ2) is 9.42. The molecule has 0 aliphatic heterocycles. The summed E-state index contributed by atoms with van der Waals surface area (Å²) in [7, 11) is 0. The smallest absolute Gasteiger partial charge is 0.0468 e. The van der Waals surface area contributed by atoms with E-state index < -0.39 is 0 Å². The van der Waals surface area contributed by atoms with E-state index in [9.17, 15) is 0 Å². The normalized spacial score (nSPS) is 15.4. The van der Waals surface area contributed by atoms with Crippen molar-refractivity contribution in [1.82, 2.24) is 0 Å². The van der Waals surface area contributed by atoms with Gasteiger partial charge in [-0.1, -0.05) is 107 Å². The number of rotatable bonds is 3. The number of anilines is 3. The van der Waals surface area contributed by atoms with Crippen LogP contribution >= 0.6 is 11.3 Å². The van der Waals surface area contributed by atoms with Gasteiger partial charge in [0.2, 0.25) is 0 Å². The fraction of sp³-hybridized carbons (Fsp3) is 0.163. The summed E-state index contributed by atoms with van der Waals surface area (Å²) >= 11 is 1.87. The molecule has 0 saturated heterocycles. The van der Waals surface area contributed by atoms with E-state index >= 15 is 0 Å². The zero-order chi connectivity index (χ0) is 30.5. The number of para-hydroxylation sites is 1. The summed E-state index contributed by atoms with van der Waals surface area (Å²) in [6.45, 7) is 9.77. The molecule has 0 bridgehead atoms. The van der Waals surface area contributed by atoms with Crippen LogP contribution in [0.1, 0.15) is 49.9 Å². The highest BCUT2D eigenvalue weighted by Gasteiger charge is 2.47. The molecule has 0 radical (unpaired) electrons. The van der Waals surface area contributed by atoms with Gasteiger partial charge in [-0.05, 0) is 110 Å². The van der Waals surface area contributed by atoms with Crippen LogP contribution in [0.15, 0.2) is 127 Å². The second-order valence-corrected chi connectivity index (χ2v) is 14.9. The molecule has 1 nitrogen and oxygen atoms in total. The molecule has 218 valence electrons. The summed E-state index contributed by atoms with van der Waals surface area (Å²) in [5, 5.41) is 2.65. The quantitative estimate of drug-likeness (QED) is 0.196. The lowest BCUT2D eigenvalue weighted by atomic mass is 9.54. The first-order valence-electron chi connectivity index (χ1n) is 16.0. The molecule has 0 amide bonds. The van der Waals surface area contributed by atoms with Crippen molar-refractivity contribution in [3.05, 3.63) is 150 Å². The van der Waals surface area contributed by atoms with Gasteiger partial charge in [0.1, 0.15) is 0 Å². The Kier molecular flexibility index (Phi) is 5.59. The first-order chi connectivity index (χ1) is 21.8. The van der Waals surface area contributed by atoms with E-state index in [0.29, 0.717) is 0 Å². The minimum atomic E-state index is -0.0122. The molecule has 2 heteroatoms. The Morgan fingerprint density at radius 3 is 2.04 bits per heavy atom. The predicted molar refractivity (Wildman–Crippen MR) is 194 cm³/mol. The molecule has 0 saturated carbocycles. The molecule has 6 aromatic carbocycles. The topological polar surface area (TPSA) is 3.24 Å². The molecule has 0 fully saturated rings. The third-order valence-electron chi connectivity index (χ3n) is 11.0. The number of hydrogen-bond donors (Lipinski definition) is 0. The van der Waals surface area contributed by atoms with E-state index in [2.05, 4.69) is 160 Å². The fourth-order valence-electron chi connectivity index (χ4n) is 8.13. The van der Waals surface area contributed by atoms with Gasteiger partial charge in [-0.15, -0.1) is 11.3 Å². The maximum absolute atomic E-state index is 2.46. The summed E-state index contributed by atoms with van der Waals surface area (Å²) in [5.41, 5.74) is 15.0. The maximum Gasteiger partial charge on any atom is 0.0468 e. The zero-order valence-corrected chi connectivity index (χ0v) is 27.0. The molecule has 9 rings (SSSR count). The average molecular weight is 598 g/mol. The van der Waals surface area contributed by atoms with Crippen LogP contribution in [0.4, 0.5) is 17.1 Å². The van der Waals surface area contributed by atoms with Gasteiger partial charge >= 0.3 is 0 Å². The first kappa shape index (κ1) is 26.7. The Morgan fingerprint density at radius 2 is 1.18 bits per heavy atom. The van der Waals surface area contributed by atoms with Crippen LogP contribution in [-0.4, -0.2) is 0 Å². The van der Waals surface area contributed by atoms with Crippen molar-refractivity contribution in [2.45, 2.75) is 44.9 Å². The summed E-state index contributed by atoms with van der Waals surface area (Å²) in [4.78, 5) is 2.42. The van der Waals surface area contributed by atoms with Gasteiger partial charge in [0.05, 0.1) is 0 Å². The number of hydrogen-bond acceptors (Lipinski definition) is 2. The third-order valence-corrected chi connectivity index (χ3v) is 12.2. The Bertz CT molecular complexity index is 2300. The van der Waals surface area contributed by atoms with Crippen molar-refractivity contribution < 1.29 is 0 Å². The molecule has 2 aliphatic carbocycles. The number of fused-ring (bicyclic) bond motifs is 10. The van der Waals surface area contributed by atoms with E-state index in [0.717, 1.165) is 6.42 Å². The van der Waals surface area contributed by atoms with Crippen molar-refractivity contribution in [3.63, 3.8) is 0 Å². The number of benzene rings is 6. The lowest BCUT2D eigenvalue weighted by molar-refractivity contribution is 0.297. The standard InChI is InChI=1S/C43H35NS/c1-42(2)38-16-10-8-14-33(38)35-22-21-32-31-20-18-29(24-27(31)25-37(32)41(35)43(42,3)4)44(28-12-6-5-7-13-28)30-19-23-40-36(26-30)34-15-9-11-17-39(34)45-40/h5-24,26H,25H2,1-4H3. The van der Waals surface area contributed by atoms with Crippen LogP contribution in [0, 0.1) is 0 Å². The molecule has 45 heavy (non-hydrogen) atoms. The molecule has 0 atom stereocenters. The van der Waals surface area contributed by atoms with Crippen LogP contribution in [0.25, 0.3) is 42.4 Å². The van der Waals surface area contributed by atoms with Crippen LogP contribution in [-0.2, 0) is 17.3 Å². The van der Waals surface area contributed by atoms with Gasteiger partial charge in [-0.2, -0.15) is 0 Å². The maximum atomic E-state index is 2.46. The van der Waals surface area contributed by atoms with E-state index in [-0.39, 0.29) is 10.8 Å². The minimum Gasteiger partial charge on any atom is -0.310 e. The van der Waals surface area contributed by atoms with Crippen LogP contribution in [0.3, 0.4) is 0 Å². The monoisotopic (exact) mass is 597 g/mol. The zero-order valence-electron chi connectivity index (χ0n) is 26.2. The summed E-state index contributed by atoms with van der Waals surface area (Å²) in [6, 6.07) is 47.5. The van der Waals surface area contributed by atoms with Crippen molar-refractivity contribution in [3.8, 4) is 22.3 Å². The van der Waals surface area contributed by atoms with Crippen molar-refractivity contribution in [2.75, 3.05) is 4.90 Å². The Balaban J connectivity index is 1.20. The number of thiophene rings is 1. The summed E-state index contributed by atoms with van der Waals surface area (Å²) in [5.74, 6) is 0. The Morgan fingerprint density at radius 1 is 0.511 bits per heavy atom. The third kappa shape index (κ3) is 3.73. The molecule has 0 N–H and O–H groups in total. The molecular weight excluding hydrogens is 563 g/mol. The van der Waals surface area contributed by atoms with Crippen LogP contribution in [0.2, 0.25) is 0 Å². The highest BCUT2D eigenvalue weighted by Crippen LogP contribution is 2.57. The summed E-state index contributed by atoms with van der Waals surface area (Å²) < 4.78 is 2.66. The largest absolute Gasteiger partial charge is 0.310 e. The van der Waals surface area contributed by atoms with Gasteiger partial charge in [0.15, 0.2) is 0 Å². The van der Waals surface area contributed by atoms with Crippen LogP contribution in [0.5, 0.6) is 0 Å². The van der Waals surface area contributed by atoms with Crippen molar-refractivity contribution >= 4 is 48.6 Å². The minimum absolute atomic E-state index is 0.0122. The van der Waals surface area contributed by atoms with Gasteiger partial charge in [0, 0.05) is 37.2 Å².